The highest BCUT2D eigenvalue weighted by molar-refractivity contribution is 7.13. The number of thiophene rings is 1. The molecule has 0 unspecified atom stereocenters. The minimum atomic E-state index is -0.540. The van der Waals surface area contributed by atoms with Gasteiger partial charge in [0.2, 0.25) is 0 Å². The molecule has 4 rings (SSSR count). The number of carbonyl (C=O) groups is 1. The molecule has 3 aromatic rings. The molecule has 2 aromatic heterocycles. The molecule has 8 heteroatoms. The molecule has 144 valence electrons. The maximum Gasteiger partial charge on any atom is 0.346 e. The summed E-state index contributed by atoms with van der Waals surface area (Å²) < 4.78 is 0. The van der Waals surface area contributed by atoms with Crippen LogP contribution in [0.25, 0.3) is 10.6 Å². The van der Waals surface area contributed by atoms with Gasteiger partial charge < -0.3 is 20.1 Å². The van der Waals surface area contributed by atoms with Crippen LogP contribution in [-0.4, -0.2) is 54.0 Å². The van der Waals surface area contributed by atoms with Crippen molar-refractivity contribution in [2.75, 3.05) is 43.4 Å². The first-order valence-electron chi connectivity index (χ1n) is 9.09. The lowest BCUT2D eigenvalue weighted by Gasteiger charge is -2.34. The van der Waals surface area contributed by atoms with Gasteiger partial charge >= 0.3 is 5.69 Å². The van der Waals surface area contributed by atoms with E-state index in [-0.39, 0.29) is 5.69 Å². The summed E-state index contributed by atoms with van der Waals surface area (Å²) in [5, 5.41) is 4.73. The largest absolute Gasteiger partial charge is 0.369 e. The van der Waals surface area contributed by atoms with Gasteiger partial charge in [0, 0.05) is 37.6 Å². The number of anilines is 2. The summed E-state index contributed by atoms with van der Waals surface area (Å²) in [6, 6.07) is 13.1. The van der Waals surface area contributed by atoms with Crippen LogP contribution in [0.4, 0.5) is 11.4 Å². The SMILES string of the molecule is CN1CCN(c2ccc(NC(=O)c3cc(-c4cccs4)[nH]c(=O)n3)cc2)CC1. The Balaban J connectivity index is 1.47. The van der Waals surface area contributed by atoms with E-state index in [1.165, 1.54) is 11.3 Å². The van der Waals surface area contributed by atoms with Crippen LogP contribution < -0.4 is 15.9 Å². The lowest BCUT2D eigenvalue weighted by atomic mass is 10.2. The quantitative estimate of drug-likeness (QED) is 0.709. The molecule has 1 aliphatic rings. The molecule has 0 atom stereocenters. The highest BCUT2D eigenvalue weighted by atomic mass is 32.1. The third-order valence-corrected chi connectivity index (χ3v) is 5.66. The van der Waals surface area contributed by atoms with Gasteiger partial charge in [-0.2, -0.15) is 4.98 Å². The molecule has 7 nitrogen and oxygen atoms in total. The van der Waals surface area contributed by atoms with Gasteiger partial charge in [0.05, 0.1) is 10.6 Å². The molecule has 0 spiro atoms. The Hall–Kier alpha value is -2.97. The molecule has 3 heterocycles. The Bertz CT molecular complexity index is 1010. The van der Waals surface area contributed by atoms with E-state index < -0.39 is 11.6 Å². The molecule has 0 aliphatic carbocycles. The fourth-order valence-electron chi connectivity index (χ4n) is 3.15. The van der Waals surface area contributed by atoms with Gasteiger partial charge in [-0.05, 0) is 48.8 Å². The van der Waals surface area contributed by atoms with E-state index >= 15 is 0 Å². The van der Waals surface area contributed by atoms with Gasteiger partial charge in [-0.25, -0.2) is 4.79 Å². The summed E-state index contributed by atoms with van der Waals surface area (Å²) in [7, 11) is 2.13. The van der Waals surface area contributed by atoms with Crippen molar-refractivity contribution in [2.45, 2.75) is 0 Å². The number of aromatic amines is 1. The van der Waals surface area contributed by atoms with Crippen LogP contribution in [0, 0.1) is 0 Å². The molecule has 1 aliphatic heterocycles. The number of amides is 1. The number of benzene rings is 1. The van der Waals surface area contributed by atoms with Crippen LogP contribution in [-0.2, 0) is 0 Å². The summed E-state index contributed by atoms with van der Waals surface area (Å²) in [5.74, 6) is -0.406. The minimum absolute atomic E-state index is 0.0929. The molecular formula is C20H21N5O2S. The third kappa shape index (κ3) is 4.13. The maximum atomic E-state index is 12.6. The molecule has 0 bridgehead atoms. The van der Waals surface area contributed by atoms with Crippen molar-refractivity contribution in [2.24, 2.45) is 0 Å². The maximum absolute atomic E-state index is 12.6. The number of hydrogen-bond donors (Lipinski definition) is 2. The zero-order valence-corrected chi connectivity index (χ0v) is 16.3. The highest BCUT2D eigenvalue weighted by Gasteiger charge is 2.15. The number of likely N-dealkylation sites (N-methyl/N-ethyl adjacent to an activating group) is 1. The second-order valence-electron chi connectivity index (χ2n) is 6.75. The van der Waals surface area contributed by atoms with Crippen LogP contribution in [0.15, 0.2) is 52.6 Å². The zero-order valence-electron chi connectivity index (χ0n) is 15.5. The van der Waals surface area contributed by atoms with Crippen LogP contribution in [0.5, 0.6) is 0 Å². The van der Waals surface area contributed by atoms with Gasteiger partial charge in [0.15, 0.2) is 0 Å². The second kappa shape index (κ2) is 7.95. The average Bonchev–Trinajstić information content (AvgIpc) is 3.24. The molecule has 1 amide bonds. The number of rotatable bonds is 4. The Kier molecular flexibility index (Phi) is 5.23. The number of piperazine rings is 1. The highest BCUT2D eigenvalue weighted by Crippen LogP contribution is 2.23. The number of H-pyrrole nitrogens is 1. The van der Waals surface area contributed by atoms with Crippen LogP contribution in [0.1, 0.15) is 10.5 Å². The lowest BCUT2D eigenvalue weighted by Crippen LogP contribution is -2.44. The third-order valence-electron chi connectivity index (χ3n) is 4.76. The normalized spacial score (nSPS) is 14.8. The van der Waals surface area contributed by atoms with E-state index in [1.807, 2.05) is 41.8 Å². The van der Waals surface area contributed by atoms with Crippen LogP contribution >= 0.6 is 11.3 Å². The second-order valence-corrected chi connectivity index (χ2v) is 7.70. The lowest BCUT2D eigenvalue weighted by molar-refractivity contribution is 0.102. The van der Waals surface area contributed by atoms with E-state index in [9.17, 15) is 9.59 Å². The van der Waals surface area contributed by atoms with E-state index in [0.717, 1.165) is 36.7 Å². The summed E-state index contributed by atoms with van der Waals surface area (Å²) in [6.45, 7) is 4.06. The van der Waals surface area contributed by atoms with Crippen molar-refractivity contribution in [3.8, 4) is 10.6 Å². The van der Waals surface area contributed by atoms with Gasteiger partial charge in [-0.3, -0.25) is 4.79 Å². The van der Waals surface area contributed by atoms with Crippen molar-refractivity contribution < 1.29 is 4.79 Å². The van der Waals surface area contributed by atoms with E-state index in [1.54, 1.807) is 6.07 Å². The van der Waals surface area contributed by atoms with Gasteiger partial charge in [0.25, 0.3) is 5.91 Å². The number of hydrogen-bond acceptors (Lipinski definition) is 6. The number of carbonyl (C=O) groups excluding carboxylic acids is 1. The van der Waals surface area contributed by atoms with Crippen LogP contribution in [0.2, 0.25) is 0 Å². The first-order valence-corrected chi connectivity index (χ1v) is 9.96. The molecule has 0 saturated carbocycles. The molecule has 1 saturated heterocycles. The van der Waals surface area contributed by atoms with Gasteiger partial charge in [0.1, 0.15) is 5.69 Å². The smallest absolute Gasteiger partial charge is 0.346 e. The summed E-state index contributed by atoms with van der Waals surface area (Å²) >= 11 is 1.49. The van der Waals surface area contributed by atoms with Gasteiger partial charge in [-0.1, -0.05) is 6.07 Å². The van der Waals surface area contributed by atoms with E-state index in [0.29, 0.717) is 11.4 Å². The predicted molar refractivity (Wildman–Crippen MR) is 112 cm³/mol. The van der Waals surface area contributed by atoms with Crippen molar-refractivity contribution >= 4 is 28.6 Å². The topological polar surface area (TPSA) is 81.3 Å². The van der Waals surface area contributed by atoms with Crippen molar-refractivity contribution in [1.29, 1.82) is 0 Å². The fourth-order valence-corrected chi connectivity index (χ4v) is 3.85. The molecule has 0 radical (unpaired) electrons. The standard InChI is InChI=1S/C20H21N5O2S/c1-24-8-10-25(11-9-24)15-6-4-14(5-7-15)21-19(26)17-13-16(22-20(27)23-17)18-3-2-12-28-18/h2-7,12-13H,8-11H2,1H3,(H,21,26)(H,22,23,27). The summed E-state index contributed by atoms with van der Waals surface area (Å²) in [6.07, 6.45) is 0. The molecule has 1 aromatic carbocycles. The summed E-state index contributed by atoms with van der Waals surface area (Å²) in [5.41, 5.74) is 1.95. The van der Waals surface area contributed by atoms with Crippen molar-refractivity contribution in [1.82, 2.24) is 14.9 Å². The zero-order chi connectivity index (χ0) is 19.5. The first kappa shape index (κ1) is 18.4. The summed E-state index contributed by atoms with van der Waals surface area (Å²) in [4.78, 5) is 36.4. The van der Waals surface area contributed by atoms with Crippen LogP contribution in [0.3, 0.4) is 0 Å². The molecule has 2 N–H and O–H groups in total. The number of aromatic nitrogens is 2. The van der Waals surface area contributed by atoms with Gasteiger partial charge in [-0.15, -0.1) is 11.3 Å². The Morgan fingerprint density at radius 3 is 2.57 bits per heavy atom. The Labute approximate surface area is 166 Å². The Morgan fingerprint density at radius 1 is 1.14 bits per heavy atom. The molecule has 1 fully saturated rings. The minimum Gasteiger partial charge on any atom is -0.369 e. The first-order chi connectivity index (χ1) is 13.6. The van der Waals surface area contributed by atoms with Crippen molar-refractivity contribution in [3.05, 3.63) is 64.0 Å². The monoisotopic (exact) mass is 395 g/mol. The number of nitrogens with one attached hydrogen (secondary N) is 2. The van der Waals surface area contributed by atoms with E-state index in [2.05, 4.69) is 32.1 Å². The fraction of sp³-hybridized carbons (Fsp3) is 0.250. The predicted octanol–water partition coefficient (Wildman–Crippen LogP) is 2.50. The molecular weight excluding hydrogens is 374 g/mol. The Morgan fingerprint density at radius 2 is 1.89 bits per heavy atom. The average molecular weight is 395 g/mol. The van der Waals surface area contributed by atoms with Crippen molar-refractivity contribution in [3.63, 3.8) is 0 Å². The van der Waals surface area contributed by atoms with E-state index in [4.69, 9.17) is 0 Å². The molecule has 28 heavy (non-hydrogen) atoms. The number of nitrogens with zero attached hydrogens (tertiary/aromatic N) is 3.